The van der Waals surface area contributed by atoms with Gasteiger partial charge in [0.2, 0.25) is 0 Å². The maximum absolute atomic E-state index is 12.1. The molecule has 28 heavy (non-hydrogen) atoms. The van der Waals surface area contributed by atoms with Gasteiger partial charge in [-0.15, -0.1) is 0 Å². The molecule has 0 heterocycles. The van der Waals surface area contributed by atoms with E-state index in [9.17, 15) is 24.5 Å². The third-order valence-electron chi connectivity index (χ3n) is 3.52. The van der Waals surface area contributed by atoms with Gasteiger partial charge in [-0.3, -0.25) is 24.5 Å². The van der Waals surface area contributed by atoms with Crippen LogP contribution in [0.4, 0.5) is 11.4 Å². The largest absolute Gasteiger partial charge is 0.451 e. The Kier molecular flexibility index (Phi) is 7.05. The van der Waals surface area contributed by atoms with Gasteiger partial charge in [0.05, 0.1) is 15.6 Å². The van der Waals surface area contributed by atoms with Crippen LogP contribution in [0.5, 0.6) is 0 Å². The quantitative estimate of drug-likeness (QED) is 0.414. The van der Waals surface area contributed by atoms with Crippen LogP contribution >= 0.6 is 11.6 Å². The number of benzene rings is 2. The minimum absolute atomic E-state index is 0.0199. The van der Waals surface area contributed by atoms with Gasteiger partial charge in [0, 0.05) is 17.7 Å². The minimum Gasteiger partial charge on any atom is -0.451 e. The molecule has 0 aliphatic heterocycles. The van der Waals surface area contributed by atoms with Crippen molar-refractivity contribution in [2.24, 2.45) is 0 Å². The standard InChI is InChI=1S/C18H16ClN3O6/c1-11(17(24)21-15-8-3-2-7-14(15)19)28-16(23)10-20-18(25)12-5-4-6-13(9-12)22(26)27/h2-9,11H,10H2,1H3,(H,20,25)(H,21,24). The van der Waals surface area contributed by atoms with E-state index in [0.29, 0.717) is 10.7 Å². The molecule has 10 heteroatoms. The summed E-state index contributed by atoms with van der Waals surface area (Å²) in [5.74, 6) is -2.12. The Balaban J connectivity index is 1.85. The number of carbonyl (C=O) groups excluding carboxylic acids is 3. The summed E-state index contributed by atoms with van der Waals surface area (Å²) in [6.45, 7) is 0.859. The molecule has 2 amide bonds. The zero-order valence-corrected chi connectivity index (χ0v) is 15.4. The van der Waals surface area contributed by atoms with E-state index in [-0.39, 0.29) is 11.3 Å². The van der Waals surface area contributed by atoms with Crippen molar-refractivity contribution in [3.05, 3.63) is 69.2 Å². The molecule has 0 aromatic heterocycles. The number of ether oxygens (including phenoxy) is 1. The number of para-hydroxylation sites is 1. The topological polar surface area (TPSA) is 128 Å². The number of hydrogen-bond donors (Lipinski definition) is 2. The van der Waals surface area contributed by atoms with Gasteiger partial charge >= 0.3 is 5.97 Å². The van der Waals surface area contributed by atoms with E-state index in [4.69, 9.17) is 16.3 Å². The van der Waals surface area contributed by atoms with Gasteiger partial charge < -0.3 is 15.4 Å². The molecule has 0 aliphatic rings. The summed E-state index contributed by atoms with van der Waals surface area (Å²) < 4.78 is 4.96. The fourth-order valence-corrected chi connectivity index (χ4v) is 2.29. The highest BCUT2D eigenvalue weighted by Crippen LogP contribution is 2.20. The third-order valence-corrected chi connectivity index (χ3v) is 3.85. The second-order valence-electron chi connectivity index (χ2n) is 5.59. The Morgan fingerprint density at radius 2 is 1.89 bits per heavy atom. The minimum atomic E-state index is -1.13. The van der Waals surface area contributed by atoms with Crippen LogP contribution in [0.2, 0.25) is 5.02 Å². The zero-order valence-electron chi connectivity index (χ0n) is 14.7. The van der Waals surface area contributed by atoms with Crippen molar-refractivity contribution >= 4 is 40.8 Å². The van der Waals surface area contributed by atoms with Gasteiger partial charge in [-0.2, -0.15) is 0 Å². The van der Waals surface area contributed by atoms with Gasteiger partial charge in [-0.1, -0.05) is 29.8 Å². The molecule has 2 aromatic carbocycles. The number of carbonyl (C=O) groups is 3. The second kappa shape index (κ2) is 9.47. The van der Waals surface area contributed by atoms with E-state index < -0.39 is 35.4 Å². The number of halogens is 1. The molecule has 146 valence electrons. The average molecular weight is 406 g/mol. The van der Waals surface area contributed by atoms with E-state index in [1.165, 1.54) is 25.1 Å². The second-order valence-corrected chi connectivity index (χ2v) is 6.00. The summed E-state index contributed by atoms with van der Waals surface area (Å²) in [5, 5.41) is 15.9. The number of esters is 1. The van der Waals surface area contributed by atoms with E-state index in [1.54, 1.807) is 24.3 Å². The first kappa shape index (κ1) is 20.8. The highest BCUT2D eigenvalue weighted by Gasteiger charge is 2.19. The molecule has 2 aromatic rings. The lowest BCUT2D eigenvalue weighted by atomic mass is 10.2. The number of rotatable bonds is 7. The molecule has 0 saturated carbocycles. The molecule has 2 N–H and O–H groups in total. The monoisotopic (exact) mass is 405 g/mol. The summed E-state index contributed by atoms with van der Waals surface area (Å²) in [5.41, 5.74) is 0.141. The van der Waals surface area contributed by atoms with E-state index in [0.717, 1.165) is 6.07 Å². The van der Waals surface area contributed by atoms with Crippen molar-refractivity contribution in [2.45, 2.75) is 13.0 Å². The smallest absolute Gasteiger partial charge is 0.326 e. The first-order chi connectivity index (χ1) is 13.3. The van der Waals surface area contributed by atoms with Crippen LogP contribution in [0.15, 0.2) is 48.5 Å². The molecule has 0 fully saturated rings. The number of amides is 2. The number of nitrogens with zero attached hydrogens (tertiary/aromatic N) is 1. The SMILES string of the molecule is CC(OC(=O)CNC(=O)c1cccc([N+](=O)[O-])c1)C(=O)Nc1ccccc1Cl. The summed E-state index contributed by atoms with van der Waals surface area (Å²) in [4.78, 5) is 46.0. The predicted molar refractivity (Wildman–Crippen MR) is 101 cm³/mol. The van der Waals surface area contributed by atoms with Crippen LogP contribution in [-0.2, 0) is 14.3 Å². The van der Waals surface area contributed by atoms with Gasteiger partial charge in [0.25, 0.3) is 17.5 Å². The lowest BCUT2D eigenvalue weighted by Gasteiger charge is -2.14. The van der Waals surface area contributed by atoms with Crippen molar-refractivity contribution < 1.29 is 24.0 Å². The lowest BCUT2D eigenvalue weighted by Crippen LogP contribution is -2.35. The molecule has 0 saturated heterocycles. The molecule has 9 nitrogen and oxygen atoms in total. The fraction of sp³-hybridized carbons (Fsp3) is 0.167. The number of nitro benzene ring substituents is 1. The van der Waals surface area contributed by atoms with Crippen molar-refractivity contribution in [1.82, 2.24) is 5.32 Å². The van der Waals surface area contributed by atoms with Crippen molar-refractivity contribution in [3.8, 4) is 0 Å². The van der Waals surface area contributed by atoms with E-state index in [1.807, 2.05) is 0 Å². The normalized spacial score (nSPS) is 11.2. The Morgan fingerprint density at radius 3 is 2.57 bits per heavy atom. The molecule has 0 bridgehead atoms. The van der Waals surface area contributed by atoms with Crippen molar-refractivity contribution in [2.75, 3.05) is 11.9 Å². The van der Waals surface area contributed by atoms with Gasteiger partial charge in [-0.25, -0.2) is 0 Å². The van der Waals surface area contributed by atoms with Gasteiger partial charge in [-0.05, 0) is 25.1 Å². The molecule has 0 aliphatic carbocycles. The number of nitro groups is 1. The molecule has 0 spiro atoms. The summed E-state index contributed by atoms with van der Waals surface area (Å²) in [6, 6.07) is 11.6. The first-order valence-electron chi connectivity index (χ1n) is 8.05. The van der Waals surface area contributed by atoms with Crippen LogP contribution < -0.4 is 10.6 Å². The lowest BCUT2D eigenvalue weighted by molar-refractivity contribution is -0.384. The van der Waals surface area contributed by atoms with Crippen LogP contribution in [-0.4, -0.2) is 35.4 Å². The molecule has 1 unspecified atom stereocenters. The highest BCUT2D eigenvalue weighted by atomic mass is 35.5. The van der Waals surface area contributed by atoms with Crippen LogP contribution in [0, 0.1) is 10.1 Å². The maximum Gasteiger partial charge on any atom is 0.326 e. The number of nitrogens with one attached hydrogen (secondary N) is 2. The third kappa shape index (κ3) is 5.78. The fourth-order valence-electron chi connectivity index (χ4n) is 2.10. The Labute approximate surface area is 164 Å². The Bertz CT molecular complexity index is 918. The molecular formula is C18H16ClN3O6. The van der Waals surface area contributed by atoms with Crippen LogP contribution in [0.3, 0.4) is 0 Å². The Hall–Kier alpha value is -3.46. The first-order valence-corrected chi connectivity index (χ1v) is 8.43. The summed E-state index contributed by atoms with van der Waals surface area (Å²) in [7, 11) is 0. The molecule has 2 rings (SSSR count). The number of non-ortho nitro benzene ring substituents is 1. The highest BCUT2D eigenvalue weighted by molar-refractivity contribution is 6.33. The average Bonchev–Trinajstić information content (AvgIpc) is 2.67. The molecular weight excluding hydrogens is 390 g/mol. The summed E-state index contributed by atoms with van der Waals surface area (Å²) in [6.07, 6.45) is -1.13. The van der Waals surface area contributed by atoms with Crippen LogP contribution in [0.25, 0.3) is 0 Å². The zero-order chi connectivity index (χ0) is 20.7. The van der Waals surface area contributed by atoms with Gasteiger partial charge in [0.15, 0.2) is 6.10 Å². The molecule has 1 atom stereocenters. The number of hydrogen-bond acceptors (Lipinski definition) is 6. The van der Waals surface area contributed by atoms with Crippen LogP contribution in [0.1, 0.15) is 17.3 Å². The predicted octanol–water partition coefficient (Wildman–Crippen LogP) is 2.55. The van der Waals surface area contributed by atoms with E-state index >= 15 is 0 Å². The number of anilines is 1. The molecule has 0 radical (unpaired) electrons. The maximum atomic E-state index is 12.1. The van der Waals surface area contributed by atoms with Crippen molar-refractivity contribution in [3.63, 3.8) is 0 Å². The van der Waals surface area contributed by atoms with Crippen molar-refractivity contribution in [1.29, 1.82) is 0 Å². The van der Waals surface area contributed by atoms with Gasteiger partial charge in [0.1, 0.15) is 6.54 Å². The Morgan fingerprint density at radius 1 is 1.18 bits per heavy atom. The summed E-state index contributed by atoms with van der Waals surface area (Å²) >= 11 is 5.94. The van der Waals surface area contributed by atoms with E-state index in [2.05, 4.69) is 10.6 Å².